The SMILES string of the molecule is CCCCC(CCC)n1c(C(C)Cl)nc2cc(I)ccc21. The van der Waals surface area contributed by atoms with Gasteiger partial charge in [-0.25, -0.2) is 4.98 Å². The van der Waals surface area contributed by atoms with Gasteiger partial charge in [0.2, 0.25) is 0 Å². The van der Waals surface area contributed by atoms with Gasteiger partial charge >= 0.3 is 0 Å². The van der Waals surface area contributed by atoms with Gasteiger partial charge in [-0.2, -0.15) is 0 Å². The van der Waals surface area contributed by atoms with Gasteiger partial charge in [0.05, 0.1) is 16.4 Å². The molecule has 1 aromatic heterocycles. The Hall–Kier alpha value is -0.290. The number of alkyl halides is 1. The van der Waals surface area contributed by atoms with Crippen LogP contribution in [-0.2, 0) is 0 Å². The van der Waals surface area contributed by atoms with Gasteiger partial charge in [0.1, 0.15) is 5.82 Å². The van der Waals surface area contributed by atoms with Crippen molar-refractivity contribution in [3.8, 4) is 0 Å². The molecule has 4 heteroatoms. The molecule has 116 valence electrons. The number of halogens is 2. The molecule has 2 unspecified atom stereocenters. The van der Waals surface area contributed by atoms with E-state index in [1.165, 1.54) is 41.2 Å². The summed E-state index contributed by atoms with van der Waals surface area (Å²) in [5, 5.41) is -0.0592. The number of hydrogen-bond donors (Lipinski definition) is 0. The number of imidazole rings is 1. The average molecular weight is 419 g/mol. The van der Waals surface area contributed by atoms with Gasteiger partial charge in [-0.3, -0.25) is 0 Å². The smallest absolute Gasteiger partial charge is 0.127 e. The summed E-state index contributed by atoms with van der Waals surface area (Å²) >= 11 is 8.75. The van der Waals surface area contributed by atoms with Crippen molar-refractivity contribution in [1.29, 1.82) is 0 Å². The second kappa shape index (κ2) is 7.82. The lowest BCUT2D eigenvalue weighted by Gasteiger charge is -2.22. The summed E-state index contributed by atoms with van der Waals surface area (Å²) in [6.45, 7) is 6.53. The van der Waals surface area contributed by atoms with E-state index in [1.54, 1.807) is 0 Å². The average Bonchev–Trinajstić information content (AvgIpc) is 2.82. The second-order valence-electron chi connectivity index (χ2n) is 5.67. The maximum atomic E-state index is 6.41. The van der Waals surface area contributed by atoms with E-state index in [1.807, 2.05) is 6.92 Å². The zero-order valence-electron chi connectivity index (χ0n) is 13.1. The van der Waals surface area contributed by atoms with Crippen molar-refractivity contribution in [3.63, 3.8) is 0 Å². The van der Waals surface area contributed by atoms with Crippen LogP contribution in [0.15, 0.2) is 18.2 Å². The molecule has 2 atom stereocenters. The van der Waals surface area contributed by atoms with Crippen LogP contribution >= 0.6 is 34.2 Å². The Morgan fingerprint density at radius 2 is 2.00 bits per heavy atom. The van der Waals surface area contributed by atoms with Gasteiger partial charge in [-0.05, 0) is 60.6 Å². The molecule has 21 heavy (non-hydrogen) atoms. The summed E-state index contributed by atoms with van der Waals surface area (Å²) in [7, 11) is 0. The van der Waals surface area contributed by atoms with Gasteiger partial charge < -0.3 is 4.57 Å². The molecule has 0 spiro atoms. The van der Waals surface area contributed by atoms with E-state index in [0.29, 0.717) is 6.04 Å². The normalized spacial score (nSPS) is 14.5. The Morgan fingerprint density at radius 1 is 1.24 bits per heavy atom. The van der Waals surface area contributed by atoms with Crippen LogP contribution in [0.1, 0.15) is 70.1 Å². The lowest BCUT2D eigenvalue weighted by Crippen LogP contribution is -2.13. The van der Waals surface area contributed by atoms with Crippen LogP contribution < -0.4 is 0 Å². The predicted molar refractivity (Wildman–Crippen MR) is 100 cm³/mol. The molecule has 0 radical (unpaired) electrons. The Morgan fingerprint density at radius 3 is 2.62 bits per heavy atom. The fourth-order valence-corrected chi connectivity index (χ4v) is 3.56. The third-order valence-corrected chi connectivity index (χ3v) is 4.78. The number of rotatable bonds is 7. The van der Waals surface area contributed by atoms with Crippen molar-refractivity contribution in [2.24, 2.45) is 0 Å². The van der Waals surface area contributed by atoms with Gasteiger partial charge in [0.25, 0.3) is 0 Å². The van der Waals surface area contributed by atoms with Crippen LogP contribution in [0.2, 0.25) is 0 Å². The molecule has 0 bridgehead atoms. The van der Waals surface area contributed by atoms with Crippen LogP contribution in [0.5, 0.6) is 0 Å². The van der Waals surface area contributed by atoms with E-state index < -0.39 is 0 Å². The molecule has 0 fully saturated rings. The molecule has 0 saturated carbocycles. The molecule has 2 nitrogen and oxygen atoms in total. The van der Waals surface area contributed by atoms with Gasteiger partial charge in [0, 0.05) is 9.61 Å². The third-order valence-electron chi connectivity index (χ3n) is 3.91. The van der Waals surface area contributed by atoms with Gasteiger partial charge in [0.15, 0.2) is 0 Å². The van der Waals surface area contributed by atoms with Crippen molar-refractivity contribution >= 4 is 45.2 Å². The Labute approximate surface area is 146 Å². The molecule has 2 aromatic rings. The predicted octanol–water partition coefficient (Wildman–Crippen LogP) is 6.47. The van der Waals surface area contributed by atoms with E-state index >= 15 is 0 Å². The monoisotopic (exact) mass is 418 g/mol. The molecule has 0 saturated heterocycles. The quantitative estimate of drug-likeness (QED) is 0.372. The first-order valence-electron chi connectivity index (χ1n) is 7.89. The molecule has 1 heterocycles. The Kier molecular flexibility index (Phi) is 6.35. The second-order valence-corrected chi connectivity index (χ2v) is 7.57. The third kappa shape index (κ3) is 3.92. The fraction of sp³-hybridized carbons (Fsp3) is 0.588. The molecule has 0 aliphatic heterocycles. The minimum atomic E-state index is -0.0592. The highest BCUT2D eigenvalue weighted by atomic mass is 127. The highest BCUT2D eigenvalue weighted by Gasteiger charge is 2.21. The summed E-state index contributed by atoms with van der Waals surface area (Å²) in [6.07, 6.45) is 6.07. The Bertz CT molecular complexity index is 592. The zero-order chi connectivity index (χ0) is 15.4. The van der Waals surface area contributed by atoms with E-state index in [9.17, 15) is 0 Å². The summed E-state index contributed by atoms with van der Waals surface area (Å²) in [6, 6.07) is 7.02. The summed E-state index contributed by atoms with van der Waals surface area (Å²) in [5.74, 6) is 1.02. The Balaban J connectivity index is 2.53. The molecule has 0 N–H and O–H groups in total. The number of nitrogens with zero attached hydrogens (tertiary/aromatic N) is 2. The van der Waals surface area contributed by atoms with Crippen molar-refractivity contribution < 1.29 is 0 Å². The van der Waals surface area contributed by atoms with Crippen LogP contribution in [0.25, 0.3) is 11.0 Å². The maximum absolute atomic E-state index is 6.41. The lowest BCUT2D eigenvalue weighted by molar-refractivity contribution is 0.414. The fourth-order valence-electron chi connectivity index (χ4n) is 2.93. The van der Waals surface area contributed by atoms with Crippen LogP contribution in [0.4, 0.5) is 0 Å². The molecule has 0 amide bonds. The van der Waals surface area contributed by atoms with Crippen LogP contribution in [-0.4, -0.2) is 9.55 Å². The largest absolute Gasteiger partial charge is 0.324 e. The molecular weight excluding hydrogens is 395 g/mol. The van der Waals surface area contributed by atoms with E-state index in [0.717, 1.165) is 11.3 Å². The zero-order valence-corrected chi connectivity index (χ0v) is 16.0. The summed E-state index contributed by atoms with van der Waals surface area (Å²) in [5.41, 5.74) is 2.30. The molecule has 0 aliphatic carbocycles. The maximum Gasteiger partial charge on any atom is 0.127 e. The van der Waals surface area contributed by atoms with Crippen molar-refractivity contribution in [2.45, 2.75) is 64.3 Å². The molecule has 0 aliphatic rings. The van der Waals surface area contributed by atoms with E-state index in [-0.39, 0.29) is 5.38 Å². The number of hydrogen-bond acceptors (Lipinski definition) is 1. The number of unbranched alkanes of at least 4 members (excludes halogenated alkanes) is 1. The first-order valence-corrected chi connectivity index (χ1v) is 9.41. The molecule has 1 aromatic carbocycles. The highest BCUT2D eigenvalue weighted by Crippen LogP contribution is 2.33. The summed E-state index contributed by atoms with van der Waals surface area (Å²) in [4.78, 5) is 4.81. The highest BCUT2D eigenvalue weighted by molar-refractivity contribution is 14.1. The lowest BCUT2D eigenvalue weighted by atomic mass is 10.0. The number of fused-ring (bicyclic) bond motifs is 1. The summed E-state index contributed by atoms with van der Waals surface area (Å²) < 4.78 is 3.63. The number of benzene rings is 1. The van der Waals surface area contributed by atoms with Crippen molar-refractivity contribution in [1.82, 2.24) is 9.55 Å². The number of aromatic nitrogens is 2. The minimum absolute atomic E-state index is 0.0592. The van der Waals surface area contributed by atoms with Gasteiger partial charge in [-0.1, -0.05) is 33.1 Å². The standard InChI is InChI=1S/C17H24ClIN2/c1-4-6-8-14(7-5-2)21-16-10-9-13(19)11-15(16)20-17(21)12(3)18/h9-12,14H,4-8H2,1-3H3. The van der Waals surface area contributed by atoms with E-state index in [2.05, 4.69) is 59.2 Å². The van der Waals surface area contributed by atoms with Crippen LogP contribution in [0.3, 0.4) is 0 Å². The molecular formula is C17H24ClIN2. The van der Waals surface area contributed by atoms with Crippen molar-refractivity contribution in [3.05, 3.63) is 27.6 Å². The first-order chi connectivity index (χ1) is 10.1. The first kappa shape index (κ1) is 17.1. The van der Waals surface area contributed by atoms with Gasteiger partial charge in [-0.15, -0.1) is 11.6 Å². The molecule has 2 rings (SSSR count). The van der Waals surface area contributed by atoms with Crippen molar-refractivity contribution in [2.75, 3.05) is 0 Å². The van der Waals surface area contributed by atoms with Crippen LogP contribution in [0, 0.1) is 3.57 Å². The minimum Gasteiger partial charge on any atom is -0.324 e. The van der Waals surface area contributed by atoms with E-state index in [4.69, 9.17) is 16.6 Å². The topological polar surface area (TPSA) is 17.8 Å².